The Kier molecular flexibility index (Phi) is 9.16. The number of nitrogens with zero attached hydrogens (tertiary/aromatic N) is 2. The van der Waals surface area contributed by atoms with Crippen LogP contribution < -0.4 is 31.4 Å². The number of alkyl carbamates (subject to hydrolysis) is 1. The maximum Gasteiger partial charge on any atom is 0.408 e. The van der Waals surface area contributed by atoms with Gasteiger partial charge in [-0.05, 0) is 64.4 Å². The van der Waals surface area contributed by atoms with E-state index in [2.05, 4.69) is 10.6 Å². The molecule has 13 heteroatoms. The lowest BCUT2D eigenvalue weighted by molar-refractivity contribution is 0.0403. The lowest BCUT2D eigenvalue weighted by Crippen LogP contribution is -2.56. The smallest absolute Gasteiger partial charge is 0.408 e. The normalized spacial score (nSPS) is 30.9. The molecule has 5 aliphatic rings. The third kappa shape index (κ3) is 6.47. The molecule has 2 aliphatic heterocycles. The van der Waals surface area contributed by atoms with E-state index in [-0.39, 0.29) is 46.3 Å². The fraction of sp³-hybridized carbons (Fsp3) is 0.686. The first-order valence-electron chi connectivity index (χ1n) is 17.2. The summed E-state index contributed by atoms with van der Waals surface area (Å²) in [5.41, 5.74) is 4.86. The van der Waals surface area contributed by atoms with Gasteiger partial charge in [-0.15, -0.1) is 0 Å². The van der Waals surface area contributed by atoms with Gasteiger partial charge in [0.05, 0.1) is 29.6 Å². The molecule has 11 nitrogen and oxygen atoms in total. The number of carboxylic acids is 1. The number of ether oxygens (including phenoxy) is 2. The van der Waals surface area contributed by atoms with Crippen LogP contribution in [0.2, 0.25) is 0 Å². The zero-order valence-corrected chi connectivity index (χ0v) is 28.4. The van der Waals surface area contributed by atoms with Gasteiger partial charge in [0.1, 0.15) is 23.0 Å². The monoisotopic (exact) mass is 673 g/mol. The molecular formula is C35H49F2N5O6. The van der Waals surface area contributed by atoms with Crippen LogP contribution in [0.5, 0.6) is 5.75 Å². The lowest BCUT2D eigenvalue weighted by atomic mass is 9.75. The van der Waals surface area contributed by atoms with Crippen molar-refractivity contribution in [3.8, 4) is 5.75 Å². The number of carboxylic acid groups (broad SMARTS) is 1. The predicted molar refractivity (Wildman–Crippen MR) is 178 cm³/mol. The highest BCUT2D eigenvalue weighted by atomic mass is 19.1. The van der Waals surface area contributed by atoms with Gasteiger partial charge in [0.2, 0.25) is 5.43 Å². The molecule has 264 valence electrons. The Balaban J connectivity index is 0.000000200. The number of methoxy groups -OCH3 is 1. The second-order valence-electron chi connectivity index (χ2n) is 15.5. The number of amides is 1. The zero-order valence-electron chi connectivity index (χ0n) is 28.4. The number of carbonyl (C=O) groups is 2. The molecule has 3 heterocycles. The van der Waals surface area contributed by atoms with Crippen LogP contribution in [-0.4, -0.2) is 77.9 Å². The molecule has 1 amide bonds. The van der Waals surface area contributed by atoms with E-state index in [0.717, 1.165) is 57.5 Å². The van der Waals surface area contributed by atoms with E-state index in [4.69, 9.17) is 15.2 Å². The van der Waals surface area contributed by atoms with E-state index in [1.807, 2.05) is 25.7 Å². The number of hydrogen-bond acceptors (Lipinski definition) is 8. The largest absolute Gasteiger partial charge is 0.492 e. The van der Waals surface area contributed by atoms with Crippen LogP contribution in [0, 0.1) is 17.7 Å². The molecule has 2 aromatic rings. The van der Waals surface area contributed by atoms with Crippen LogP contribution in [0.1, 0.15) is 95.0 Å². The topological polar surface area (TPSA) is 148 Å². The summed E-state index contributed by atoms with van der Waals surface area (Å²) in [6.45, 7) is 8.64. The minimum atomic E-state index is -1.44. The number of hydrogen-bond donors (Lipinski definition) is 4. The van der Waals surface area contributed by atoms with Crippen molar-refractivity contribution in [1.82, 2.24) is 15.2 Å². The second-order valence-corrected chi connectivity index (χ2v) is 15.5. The Morgan fingerprint density at radius 3 is 2.46 bits per heavy atom. The Labute approximate surface area is 279 Å². The number of rotatable bonds is 5. The molecule has 3 aliphatic carbocycles. The Bertz CT molecular complexity index is 1640. The fourth-order valence-electron chi connectivity index (χ4n) is 8.49. The predicted octanol–water partition coefficient (Wildman–Crippen LogP) is 4.88. The molecule has 3 saturated carbocycles. The van der Waals surface area contributed by atoms with Crippen molar-refractivity contribution in [2.24, 2.45) is 17.6 Å². The van der Waals surface area contributed by atoms with Gasteiger partial charge in [-0.2, -0.15) is 0 Å². The second kappa shape index (κ2) is 12.8. The van der Waals surface area contributed by atoms with Crippen LogP contribution in [0.4, 0.5) is 19.3 Å². The SMILES string of the molecule is CC(C)(C)OC(=O)N[C@@]12CCCC[C@H]1CNC2.COc1c(N2C[C@@H]3CCCC[C@@]3(N)C2)c(F)cc2c(=O)c(C(=O)O)cn([C@@H]3C[C@@H]3F)c12. The number of pyridine rings is 1. The van der Waals surface area contributed by atoms with Crippen LogP contribution in [0.3, 0.4) is 0 Å². The highest BCUT2D eigenvalue weighted by molar-refractivity contribution is 5.97. The number of carbonyl (C=O) groups excluding carboxylic acids is 1. The minimum Gasteiger partial charge on any atom is -0.492 e. The zero-order chi connectivity index (χ0) is 34.6. The van der Waals surface area contributed by atoms with Gasteiger partial charge in [-0.1, -0.05) is 25.7 Å². The van der Waals surface area contributed by atoms with Gasteiger partial charge >= 0.3 is 12.1 Å². The minimum absolute atomic E-state index is 0.0550. The van der Waals surface area contributed by atoms with Crippen molar-refractivity contribution in [2.75, 3.05) is 38.2 Å². The molecule has 2 saturated heterocycles. The molecule has 48 heavy (non-hydrogen) atoms. The third-order valence-corrected chi connectivity index (χ3v) is 11.0. The molecule has 7 rings (SSSR count). The molecule has 6 atom stereocenters. The van der Waals surface area contributed by atoms with Crippen LogP contribution in [-0.2, 0) is 4.74 Å². The summed E-state index contributed by atoms with van der Waals surface area (Å²) in [6.07, 6.45) is 8.65. The van der Waals surface area contributed by atoms with E-state index in [1.165, 1.54) is 30.9 Å². The van der Waals surface area contributed by atoms with E-state index in [9.17, 15) is 23.9 Å². The molecular weight excluding hydrogens is 624 g/mol. The van der Waals surface area contributed by atoms with Gasteiger partial charge in [-0.25, -0.2) is 18.4 Å². The summed E-state index contributed by atoms with van der Waals surface area (Å²) in [6, 6.07) is 0.439. The maximum atomic E-state index is 15.4. The highest BCUT2D eigenvalue weighted by Crippen LogP contribution is 2.48. The number of nitrogens with two attached hydrogens (primary N) is 1. The molecule has 0 spiro atoms. The van der Waals surface area contributed by atoms with Crippen molar-refractivity contribution in [1.29, 1.82) is 0 Å². The number of nitrogens with one attached hydrogen (secondary N) is 2. The fourth-order valence-corrected chi connectivity index (χ4v) is 8.49. The number of alkyl halides is 1. The molecule has 0 bridgehead atoms. The van der Waals surface area contributed by atoms with Crippen molar-refractivity contribution in [3.05, 3.63) is 33.9 Å². The highest BCUT2D eigenvalue weighted by Gasteiger charge is 2.48. The summed E-state index contributed by atoms with van der Waals surface area (Å²) in [4.78, 5) is 38.2. The number of anilines is 1. The number of aromatic nitrogens is 1. The maximum absolute atomic E-state index is 15.4. The third-order valence-electron chi connectivity index (χ3n) is 11.0. The van der Waals surface area contributed by atoms with E-state index in [0.29, 0.717) is 19.0 Å². The van der Waals surface area contributed by atoms with E-state index in [1.54, 1.807) is 0 Å². The van der Waals surface area contributed by atoms with Gasteiger partial charge in [0.25, 0.3) is 0 Å². The van der Waals surface area contributed by atoms with Gasteiger partial charge in [0, 0.05) is 44.3 Å². The van der Waals surface area contributed by atoms with Gasteiger partial charge in [-0.3, -0.25) is 4.79 Å². The summed E-state index contributed by atoms with van der Waals surface area (Å²) in [7, 11) is 1.37. The molecule has 5 N–H and O–H groups in total. The summed E-state index contributed by atoms with van der Waals surface area (Å²) < 4.78 is 41.8. The standard InChI is InChI=1S/C22H25F2N3O4.C13H24N2O2/c1-31-20-17-12(19(28)13(21(29)30)9-27(17)16-7-14(16)23)6-15(24)18(20)26-8-11-4-2-3-5-22(11,25)10-26;1-12(2,3)17-11(16)15-13-7-5-4-6-10(13)8-14-9-13/h6,9,11,14,16H,2-5,7-8,10,25H2,1H3,(H,29,30);10,14H,4-9H2,1-3H3,(H,15,16)/t11-,14-,16+,22+;10-,13+/m00/s1. The Hall–Kier alpha value is -3.45. The molecule has 0 unspecified atom stereocenters. The first-order valence-corrected chi connectivity index (χ1v) is 17.2. The number of aromatic carboxylic acids is 1. The molecule has 1 aromatic carbocycles. The quantitative estimate of drug-likeness (QED) is 0.349. The summed E-state index contributed by atoms with van der Waals surface area (Å²) in [5, 5.41) is 15.8. The Morgan fingerprint density at radius 1 is 1.15 bits per heavy atom. The summed E-state index contributed by atoms with van der Waals surface area (Å²) >= 11 is 0. The van der Waals surface area contributed by atoms with Crippen LogP contribution >= 0.6 is 0 Å². The number of halogens is 2. The van der Waals surface area contributed by atoms with Gasteiger partial charge in [0.15, 0.2) is 11.6 Å². The van der Waals surface area contributed by atoms with Crippen molar-refractivity contribution >= 4 is 28.7 Å². The average Bonchev–Trinajstić information content (AvgIpc) is 3.42. The number of benzene rings is 1. The van der Waals surface area contributed by atoms with Crippen molar-refractivity contribution < 1.29 is 33.0 Å². The van der Waals surface area contributed by atoms with E-state index < -0.39 is 46.1 Å². The van der Waals surface area contributed by atoms with Crippen molar-refractivity contribution in [2.45, 2.75) is 107 Å². The molecule has 5 fully saturated rings. The summed E-state index contributed by atoms with van der Waals surface area (Å²) in [5.74, 6) is -1.19. The lowest BCUT2D eigenvalue weighted by Gasteiger charge is -2.39. The van der Waals surface area contributed by atoms with Crippen molar-refractivity contribution in [3.63, 3.8) is 0 Å². The number of fused-ring (bicyclic) bond motifs is 3. The first-order chi connectivity index (χ1) is 22.7. The van der Waals surface area contributed by atoms with Gasteiger partial charge < -0.3 is 40.4 Å². The first kappa shape index (κ1) is 34.4. The van der Waals surface area contributed by atoms with Crippen LogP contribution in [0.15, 0.2) is 17.1 Å². The average molecular weight is 674 g/mol. The molecule has 0 radical (unpaired) electrons. The Morgan fingerprint density at radius 2 is 1.83 bits per heavy atom. The van der Waals surface area contributed by atoms with Crippen LogP contribution in [0.25, 0.3) is 10.9 Å². The molecule has 1 aromatic heterocycles. The van der Waals surface area contributed by atoms with E-state index >= 15 is 4.39 Å².